The van der Waals surface area contributed by atoms with Crippen molar-refractivity contribution in [2.75, 3.05) is 6.54 Å². The molecule has 1 aromatic heterocycles. The van der Waals surface area contributed by atoms with E-state index in [1.54, 1.807) is 0 Å². The fourth-order valence-corrected chi connectivity index (χ4v) is 2.89. The summed E-state index contributed by atoms with van der Waals surface area (Å²) in [5, 5.41) is 7.97. The maximum absolute atomic E-state index is 4.41. The van der Waals surface area contributed by atoms with Gasteiger partial charge in [0.05, 0.1) is 5.69 Å². The molecule has 1 heterocycles. The predicted octanol–water partition coefficient (Wildman–Crippen LogP) is 2.05. The topological polar surface area (TPSA) is 29.9 Å². The van der Waals surface area contributed by atoms with Crippen molar-refractivity contribution in [3.8, 4) is 0 Å². The van der Waals surface area contributed by atoms with E-state index in [0.29, 0.717) is 0 Å². The third kappa shape index (κ3) is 2.64. The van der Waals surface area contributed by atoms with Crippen molar-refractivity contribution in [1.82, 2.24) is 15.1 Å². The van der Waals surface area contributed by atoms with Gasteiger partial charge in [-0.1, -0.05) is 6.92 Å². The number of nitrogens with one attached hydrogen (secondary N) is 1. The Morgan fingerprint density at radius 2 is 2.31 bits per heavy atom. The van der Waals surface area contributed by atoms with Gasteiger partial charge in [-0.25, -0.2) is 0 Å². The molecule has 3 nitrogen and oxygen atoms in total. The molecule has 0 bridgehead atoms. The van der Waals surface area contributed by atoms with Crippen LogP contribution in [0.2, 0.25) is 0 Å². The van der Waals surface area contributed by atoms with Crippen molar-refractivity contribution in [2.45, 2.75) is 45.6 Å². The van der Waals surface area contributed by atoms with Crippen molar-refractivity contribution < 1.29 is 0 Å². The van der Waals surface area contributed by atoms with E-state index in [2.05, 4.69) is 37.4 Å². The minimum atomic E-state index is 0.754. The van der Waals surface area contributed by atoms with Crippen LogP contribution in [0.1, 0.15) is 37.6 Å². The summed E-state index contributed by atoms with van der Waals surface area (Å²) in [6, 6.07) is 2.98. The lowest BCUT2D eigenvalue weighted by atomic mass is 10.0. The van der Waals surface area contributed by atoms with Gasteiger partial charge in [0.25, 0.3) is 0 Å². The highest BCUT2D eigenvalue weighted by atomic mass is 15.3. The first-order chi connectivity index (χ1) is 7.69. The molecule has 1 aromatic rings. The number of rotatable bonds is 4. The normalized spacial score (nSPS) is 25.2. The Kier molecular flexibility index (Phi) is 3.64. The van der Waals surface area contributed by atoms with Gasteiger partial charge in [-0.15, -0.1) is 0 Å². The third-order valence-corrected chi connectivity index (χ3v) is 3.63. The maximum Gasteiger partial charge on any atom is 0.0596 e. The molecule has 1 aliphatic carbocycles. The zero-order chi connectivity index (χ0) is 11.5. The average molecular weight is 221 g/mol. The fourth-order valence-electron chi connectivity index (χ4n) is 2.89. The van der Waals surface area contributed by atoms with Gasteiger partial charge in [0.15, 0.2) is 0 Å². The van der Waals surface area contributed by atoms with Crippen molar-refractivity contribution in [3.05, 3.63) is 17.5 Å². The molecule has 1 N–H and O–H groups in total. The van der Waals surface area contributed by atoms with Crippen LogP contribution >= 0.6 is 0 Å². The SMILES string of the molecule is CCNC1CCC(Cc2cc(C)nn2C)C1. The van der Waals surface area contributed by atoms with Crippen LogP contribution in [0.4, 0.5) is 0 Å². The zero-order valence-electron chi connectivity index (χ0n) is 10.7. The largest absolute Gasteiger partial charge is 0.314 e. The molecular formula is C13H23N3. The summed E-state index contributed by atoms with van der Waals surface area (Å²) in [5.41, 5.74) is 2.53. The summed E-state index contributed by atoms with van der Waals surface area (Å²) in [6.45, 7) is 5.36. The lowest BCUT2D eigenvalue weighted by Crippen LogP contribution is -2.26. The number of aryl methyl sites for hydroxylation is 2. The Bertz CT molecular complexity index is 343. The van der Waals surface area contributed by atoms with E-state index < -0.39 is 0 Å². The second-order valence-electron chi connectivity index (χ2n) is 5.04. The average Bonchev–Trinajstić information content (AvgIpc) is 2.76. The molecule has 2 rings (SSSR count). The monoisotopic (exact) mass is 221 g/mol. The first-order valence-corrected chi connectivity index (χ1v) is 6.42. The van der Waals surface area contributed by atoms with E-state index in [9.17, 15) is 0 Å². The third-order valence-electron chi connectivity index (χ3n) is 3.63. The quantitative estimate of drug-likeness (QED) is 0.843. The summed E-state index contributed by atoms with van der Waals surface area (Å²) in [6.07, 6.45) is 5.23. The predicted molar refractivity (Wildman–Crippen MR) is 66.5 cm³/mol. The maximum atomic E-state index is 4.41. The van der Waals surface area contributed by atoms with Gasteiger partial charge in [-0.3, -0.25) is 4.68 Å². The molecule has 0 spiro atoms. The molecule has 1 fully saturated rings. The van der Waals surface area contributed by atoms with Gasteiger partial charge in [0, 0.05) is 18.8 Å². The molecule has 0 radical (unpaired) electrons. The van der Waals surface area contributed by atoms with Crippen LogP contribution in [0.15, 0.2) is 6.07 Å². The van der Waals surface area contributed by atoms with Gasteiger partial charge in [0.2, 0.25) is 0 Å². The van der Waals surface area contributed by atoms with Crippen molar-refractivity contribution in [3.63, 3.8) is 0 Å². The molecule has 90 valence electrons. The van der Waals surface area contributed by atoms with E-state index >= 15 is 0 Å². The fraction of sp³-hybridized carbons (Fsp3) is 0.769. The Morgan fingerprint density at radius 1 is 1.50 bits per heavy atom. The molecule has 0 aromatic carbocycles. The molecule has 1 aliphatic rings. The minimum absolute atomic E-state index is 0.754. The minimum Gasteiger partial charge on any atom is -0.314 e. The number of nitrogens with zero attached hydrogens (tertiary/aromatic N) is 2. The van der Waals surface area contributed by atoms with Crippen LogP contribution < -0.4 is 5.32 Å². The summed E-state index contributed by atoms with van der Waals surface area (Å²) < 4.78 is 2.04. The summed E-state index contributed by atoms with van der Waals surface area (Å²) in [7, 11) is 2.05. The molecular weight excluding hydrogens is 198 g/mol. The smallest absolute Gasteiger partial charge is 0.0596 e. The van der Waals surface area contributed by atoms with E-state index in [0.717, 1.165) is 24.2 Å². The molecule has 16 heavy (non-hydrogen) atoms. The Labute approximate surface area is 98.2 Å². The summed E-state index contributed by atoms with van der Waals surface area (Å²) >= 11 is 0. The lowest BCUT2D eigenvalue weighted by molar-refractivity contribution is 0.482. The Hall–Kier alpha value is -0.830. The van der Waals surface area contributed by atoms with Crippen LogP contribution in [0.25, 0.3) is 0 Å². The van der Waals surface area contributed by atoms with Crippen LogP contribution in [-0.2, 0) is 13.5 Å². The van der Waals surface area contributed by atoms with Crippen LogP contribution in [0, 0.1) is 12.8 Å². The lowest BCUT2D eigenvalue weighted by Gasteiger charge is -2.11. The second kappa shape index (κ2) is 5.00. The zero-order valence-corrected chi connectivity index (χ0v) is 10.7. The summed E-state index contributed by atoms with van der Waals surface area (Å²) in [5.74, 6) is 0.846. The molecule has 0 saturated heterocycles. The Balaban J connectivity index is 1.89. The van der Waals surface area contributed by atoms with Crippen molar-refractivity contribution in [2.24, 2.45) is 13.0 Å². The molecule has 2 atom stereocenters. The van der Waals surface area contributed by atoms with Gasteiger partial charge in [0.1, 0.15) is 0 Å². The van der Waals surface area contributed by atoms with E-state index in [1.165, 1.54) is 31.4 Å². The van der Waals surface area contributed by atoms with Crippen molar-refractivity contribution in [1.29, 1.82) is 0 Å². The van der Waals surface area contributed by atoms with E-state index in [4.69, 9.17) is 0 Å². The summed E-state index contributed by atoms with van der Waals surface area (Å²) in [4.78, 5) is 0. The first-order valence-electron chi connectivity index (χ1n) is 6.42. The second-order valence-corrected chi connectivity index (χ2v) is 5.04. The molecule has 0 amide bonds. The van der Waals surface area contributed by atoms with Gasteiger partial charge in [-0.05, 0) is 51.1 Å². The molecule has 1 saturated carbocycles. The van der Waals surface area contributed by atoms with Crippen molar-refractivity contribution >= 4 is 0 Å². The van der Waals surface area contributed by atoms with Crippen LogP contribution in [-0.4, -0.2) is 22.4 Å². The molecule has 3 heteroatoms. The first kappa shape index (κ1) is 11.6. The van der Waals surface area contributed by atoms with Crippen LogP contribution in [0.3, 0.4) is 0 Å². The number of aromatic nitrogens is 2. The highest BCUT2D eigenvalue weighted by Gasteiger charge is 2.24. The van der Waals surface area contributed by atoms with Gasteiger partial charge < -0.3 is 5.32 Å². The molecule has 2 unspecified atom stereocenters. The number of hydrogen-bond donors (Lipinski definition) is 1. The molecule has 0 aliphatic heterocycles. The Morgan fingerprint density at radius 3 is 2.94 bits per heavy atom. The number of hydrogen-bond acceptors (Lipinski definition) is 2. The highest BCUT2D eigenvalue weighted by Crippen LogP contribution is 2.28. The van der Waals surface area contributed by atoms with Crippen LogP contribution in [0.5, 0.6) is 0 Å². The van der Waals surface area contributed by atoms with Gasteiger partial charge in [-0.2, -0.15) is 5.10 Å². The van der Waals surface area contributed by atoms with E-state index in [1.807, 2.05) is 4.68 Å². The highest BCUT2D eigenvalue weighted by molar-refractivity contribution is 5.09. The van der Waals surface area contributed by atoms with E-state index in [-0.39, 0.29) is 0 Å². The van der Waals surface area contributed by atoms with Gasteiger partial charge >= 0.3 is 0 Å². The standard InChI is InChI=1S/C13H23N3/c1-4-14-12-6-5-11(8-12)9-13-7-10(2)15-16(13)3/h7,11-12,14H,4-6,8-9H2,1-3H3.